The molecule has 4 nitrogen and oxygen atoms in total. The summed E-state index contributed by atoms with van der Waals surface area (Å²) in [5.41, 5.74) is 0.820. The highest BCUT2D eigenvalue weighted by atomic mass is 16.1. The van der Waals surface area contributed by atoms with E-state index in [1.165, 1.54) is 0 Å². The molecular weight excluding hydrogens is 178 g/mol. The third kappa shape index (κ3) is 3.30. The molecule has 0 spiro atoms. The zero-order chi connectivity index (χ0) is 10.4. The van der Waals surface area contributed by atoms with Crippen LogP contribution in [0.5, 0.6) is 0 Å². The van der Waals surface area contributed by atoms with Crippen molar-refractivity contribution in [3.05, 3.63) is 27.9 Å². The van der Waals surface area contributed by atoms with Gasteiger partial charge in [0.1, 0.15) is 5.82 Å². The first-order valence-corrected chi connectivity index (χ1v) is 5.06. The number of aromatic nitrogens is 2. The van der Waals surface area contributed by atoms with Crippen molar-refractivity contribution in [2.45, 2.75) is 33.2 Å². The molecule has 2 N–H and O–H groups in total. The molecule has 0 saturated heterocycles. The van der Waals surface area contributed by atoms with Crippen LogP contribution >= 0.6 is 0 Å². The van der Waals surface area contributed by atoms with Gasteiger partial charge in [-0.3, -0.25) is 4.79 Å². The quantitative estimate of drug-likeness (QED) is 0.731. The molecular formula is C10H17N3O. The Kier molecular flexibility index (Phi) is 4.32. The molecule has 1 aromatic rings. The second kappa shape index (κ2) is 5.54. The highest BCUT2D eigenvalue weighted by Gasteiger charge is 1.99. The standard InChI is InChI=1S/C10H17N3O/c1-3-5-8-6-10(14)13-9(12-8)7-11-4-2/h6,11H,3-5,7H2,1-2H3,(H,12,13,14). The van der Waals surface area contributed by atoms with Gasteiger partial charge in [-0.2, -0.15) is 0 Å². The van der Waals surface area contributed by atoms with Crippen molar-refractivity contribution in [2.24, 2.45) is 0 Å². The van der Waals surface area contributed by atoms with Crippen LogP contribution in [-0.2, 0) is 13.0 Å². The van der Waals surface area contributed by atoms with Crippen molar-refractivity contribution in [3.8, 4) is 0 Å². The highest BCUT2D eigenvalue weighted by Crippen LogP contribution is 1.96. The SMILES string of the molecule is CCCc1cc(=O)[nH]c(CNCC)n1. The Labute approximate surface area is 83.8 Å². The second-order valence-corrected chi connectivity index (χ2v) is 3.21. The molecule has 0 aliphatic carbocycles. The number of aromatic amines is 1. The van der Waals surface area contributed by atoms with E-state index < -0.39 is 0 Å². The summed E-state index contributed by atoms with van der Waals surface area (Å²) < 4.78 is 0. The topological polar surface area (TPSA) is 57.8 Å². The average molecular weight is 195 g/mol. The second-order valence-electron chi connectivity index (χ2n) is 3.21. The largest absolute Gasteiger partial charge is 0.310 e. The fourth-order valence-electron chi connectivity index (χ4n) is 1.27. The molecule has 0 bridgehead atoms. The summed E-state index contributed by atoms with van der Waals surface area (Å²) in [5.74, 6) is 0.725. The molecule has 0 unspecified atom stereocenters. The van der Waals surface area contributed by atoms with Crippen molar-refractivity contribution in [2.75, 3.05) is 6.54 Å². The predicted molar refractivity (Wildman–Crippen MR) is 56.2 cm³/mol. The van der Waals surface area contributed by atoms with Crippen LogP contribution in [0.3, 0.4) is 0 Å². The summed E-state index contributed by atoms with van der Waals surface area (Å²) in [6.45, 7) is 5.60. The lowest BCUT2D eigenvalue weighted by Crippen LogP contribution is -2.19. The third-order valence-corrected chi connectivity index (χ3v) is 1.89. The zero-order valence-corrected chi connectivity index (χ0v) is 8.76. The summed E-state index contributed by atoms with van der Waals surface area (Å²) in [7, 11) is 0. The number of aryl methyl sites for hydroxylation is 1. The van der Waals surface area contributed by atoms with Crippen LogP contribution in [0.25, 0.3) is 0 Å². The zero-order valence-electron chi connectivity index (χ0n) is 8.76. The van der Waals surface area contributed by atoms with Crippen LogP contribution in [0.2, 0.25) is 0 Å². The summed E-state index contributed by atoms with van der Waals surface area (Å²) in [6, 6.07) is 1.57. The minimum Gasteiger partial charge on any atom is -0.310 e. The number of hydrogen-bond donors (Lipinski definition) is 2. The van der Waals surface area contributed by atoms with Crippen LogP contribution in [0.4, 0.5) is 0 Å². The van der Waals surface area contributed by atoms with Crippen LogP contribution in [0.15, 0.2) is 10.9 Å². The number of H-pyrrole nitrogens is 1. The van der Waals surface area contributed by atoms with Gasteiger partial charge in [-0.25, -0.2) is 4.98 Å². The minimum absolute atomic E-state index is 0.0589. The Morgan fingerprint density at radius 1 is 1.50 bits per heavy atom. The fourth-order valence-corrected chi connectivity index (χ4v) is 1.27. The Balaban J connectivity index is 2.78. The van der Waals surface area contributed by atoms with Gasteiger partial charge in [0.25, 0.3) is 5.56 Å². The Morgan fingerprint density at radius 2 is 2.29 bits per heavy atom. The van der Waals surface area contributed by atoms with Gasteiger partial charge in [0.15, 0.2) is 0 Å². The van der Waals surface area contributed by atoms with Crippen molar-refractivity contribution in [3.63, 3.8) is 0 Å². The maximum Gasteiger partial charge on any atom is 0.251 e. The molecule has 0 aromatic carbocycles. The Morgan fingerprint density at radius 3 is 2.93 bits per heavy atom. The van der Waals surface area contributed by atoms with E-state index in [1.54, 1.807) is 6.07 Å². The van der Waals surface area contributed by atoms with Gasteiger partial charge in [-0.15, -0.1) is 0 Å². The minimum atomic E-state index is -0.0589. The van der Waals surface area contributed by atoms with E-state index >= 15 is 0 Å². The lowest BCUT2D eigenvalue weighted by atomic mass is 10.2. The number of rotatable bonds is 5. The first kappa shape index (κ1) is 10.9. The van der Waals surface area contributed by atoms with E-state index in [9.17, 15) is 4.79 Å². The lowest BCUT2D eigenvalue weighted by Gasteiger charge is -2.03. The molecule has 0 radical (unpaired) electrons. The van der Waals surface area contributed by atoms with E-state index in [-0.39, 0.29) is 5.56 Å². The molecule has 1 rings (SSSR count). The molecule has 14 heavy (non-hydrogen) atoms. The Hall–Kier alpha value is -1.16. The maximum atomic E-state index is 11.2. The summed E-state index contributed by atoms with van der Waals surface area (Å²) >= 11 is 0. The predicted octanol–water partition coefficient (Wildman–Crippen LogP) is 0.832. The van der Waals surface area contributed by atoms with E-state index in [0.717, 1.165) is 30.9 Å². The van der Waals surface area contributed by atoms with E-state index in [1.807, 2.05) is 6.92 Å². The van der Waals surface area contributed by atoms with Crippen LogP contribution in [0, 0.1) is 0 Å². The first-order chi connectivity index (χ1) is 6.76. The van der Waals surface area contributed by atoms with Gasteiger partial charge in [-0.1, -0.05) is 20.3 Å². The summed E-state index contributed by atoms with van der Waals surface area (Å²) in [5, 5.41) is 3.13. The fraction of sp³-hybridized carbons (Fsp3) is 0.600. The van der Waals surface area contributed by atoms with E-state index in [2.05, 4.69) is 22.2 Å². The van der Waals surface area contributed by atoms with Crippen LogP contribution < -0.4 is 10.9 Å². The summed E-state index contributed by atoms with van der Waals surface area (Å²) in [6.07, 6.45) is 1.88. The molecule has 0 aliphatic rings. The molecule has 78 valence electrons. The first-order valence-electron chi connectivity index (χ1n) is 5.06. The molecule has 1 aromatic heterocycles. The average Bonchev–Trinajstić information content (AvgIpc) is 2.14. The van der Waals surface area contributed by atoms with E-state index in [0.29, 0.717) is 6.54 Å². The molecule has 0 saturated carbocycles. The van der Waals surface area contributed by atoms with Gasteiger partial charge < -0.3 is 10.3 Å². The summed E-state index contributed by atoms with van der Waals surface area (Å²) in [4.78, 5) is 18.3. The molecule has 0 aliphatic heterocycles. The number of nitrogens with one attached hydrogen (secondary N) is 2. The van der Waals surface area contributed by atoms with Gasteiger partial charge in [-0.05, 0) is 13.0 Å². The van der Waals surface area contributed by atoms with Gasteiger partial charge in [0, 0.05) is 11.8 Å². The van der Waals surface area contributed by atoms with Gasteiger partial charge >= 0.3 is 0 Å². The van der Waals surface area contributed by atoms with E-state index in [4.69, 9.17) is 0 Å². The lowest BCUT2D eigenvalue weighted by molar-refractivity contribution is 0.678. The highest BCUT2D eigenvalue weighted by molar-refractivity contribution is 5.02. The smallest absolute Gasteiger partial charge is 0.251 e. The molecule has 4 heteroatoms. The molecule has 0 atom stereocenters. The van der Waals surface area contributed by atoms with Crippen molar-refractivity contribution in [1.82, 2.24) is 15.3 Å². The van der Waals surface area contributed by atoms with Gasteiger partial charge in [0.05, 0.1) is 6.54 Å². The maximum absolute atomic E-state index is 11.2. The van der Waals surface area contributed by atoms with Crippen molar-refractivity contribution in [1.29, 1.82) is 0 Å². The number of nitrogens with zero attached hydrogens (tertiary/aromatic N) is 1. The molecule has 1 heterocycles. The molecule has 0 amide bonds. The van der Waals surface area contributed by atoms with Crippen molar-refractivity contribution >= 4 is 0 Å². The van der Waals surface area contributed by atoms with Crippen LogP contribution in [-0.4, -0.2) is 16.5 Å². The molecule has 0 fully saturated rings. The van der Waals surface area contributed by atoms with Crippen LogP contribution in [0.1, 0.15) is 31.8 Å². The normalized spacial score (nSPS) is 10.4. The van der Waals surface area contributed by atoms with Crippen molar-refractivity contribution < 1.29 is 0 Å². The van der Waals surface area contributed by atoms with Gasteiger partial charge in [0.2, 0.25) is 0 Å². The third-order valence-electron chi connectivity index (χ3n) is 1.89. The Bertz CT molecular complexity index is 332. The monoisotopic (exact) mass is 195 g/mol. The number of hydrogen-bond acceptors (Lipinski definition) is 3.